The summed E-state index contributed by atoms with van der Waals surface area (Å²) in [5, 5.41) is 11.7. The number of nitrogens with zero attached hydrogens (tertiary/aromatic N) is 2. The molecule has 0 aliphatic carbocycles. The third-order valence-electron chi connectivity index (χ3n) is 2.60. The average Bonchev–Trinajstić information content (AvgIpc) is 2.39. The van der Waals surface area contributed by atoms with Crippen LogP contribution < -0.4 is 5.32 Å². The van der Waals surface area contributed by atoms with Gasteiger partial charge in [-0.15, -0.1) is 0 Å². The largest absolute Gasteiger partial charge is 0.342 e. The Balaban J connectivity index is 2.88. The van der Waals surface area contributed by atoms with Crippen LogP contribution in [0.3, 0.4) is 0 Å². The zero-order chi connectivity index (χ0) is 11.8. The van der Waals surface area contributed by atoms with Gasteiger partial charge in [-0.2, -0.15) is 5.06 Å². The fraction of sp³-hybridized carbons (Fsp3) is 0.750. The van der Waals surface area contributed by atoms with Crippen LogP contribution in [0.4, 0.5) is 9.59 Å². The van der Waals surface area contributed by atoms with E-state index in [0.29, 0.717) is 5.06 Å². The van der Waals surface area contributed by atoms with E-state index in [9.17, 15) is 14.8 Å². The minimum absolute atomic E-state index is 0.159. The summed E-state index contributed by atoms with van der Waals surface area (Å²) in [5.74, 6) is 0. The first-order chi connectivity index (χ1) is 6.82. The molecule has 1 unspecified atom stereocenters. The maximum absolute atomic E-state index is 11.4. The number of hydrogen-bond donors (Lipinski definition) is 2. The van der Waals surface area contributed by atoms with Gasteiger partial charge in [0.1, 0.15) is 5.37 Å². The van der Waals surface area contributed by atoms with Crippen molar-refractivity contribution in [1.29, 1.82) is 0 Å². The van der Waals surface area contributed by atoms with E-state index in [1.807, 2.05) is 0 Å². The molecule has 1 aliphatic rings. The van der Waals surface area contributed by atoms with E-state index in [-0.39, 0.29) is 5.24 Å². The average molecular weight is 233 g/mol. The van der Waals surface area contributed by atoms with Crippen LogP contribution in [0.25, 0.3) is 0 Å². The molecule has 0 aromatic heterocycles. The Hall–Kier alpha value is -0.950. The van der Waals surface area contributed by atoms with E-state index >= 15 is 0 Å². The number of thioether (sulfide) groups is 1. The molecule has 0 aromatic carbocycles. The van der Waals surface area contributed by atoms with Crippen LogP contribution in [0.5, 0.6) is 0 Å². The van der Waals surface area contributed by atoms with E-state index in [2.05, 4.69) is 5.32 Å². The van der Waals surface area contributed by atoms with Gasteiger partial charge < -0.3 is 10.2 Å². The monoisotopic (exact) mass is 233 g/mol. The molecular weight excluding hydrogens is 218 g/mol. The molecule has 15 heavy (non-hydrogen) atoms. The molecule has 3 amide bonds. The molecule has 1 aliphatic heterocycles. The SMILES string of the molecule is CNC(=O)N(O)C1SC(=O)N(C)C1(C)C. The third kappa shape index (κ3) is 1.89. The second kappa shape index (κ2) is 3.90. The highest BCUT2D eigenvalue weighted by atomic mass is 32.2. The minimum atomic E-state index is -0.622. The number of urea groups is 1. The Morgan fingerprint density at radius 2 is 2.20 bits per heavy atom. The van der Waals surface area contributed by atoms with Crippen molar-refractivity contribution in [3.8, 4) is 0 Å². The van der Waals surface area contributed by atoms with Crippen LogP contribution in [0, 0.1) is 0 Å². The second-order valence-electron chi connectivity index (χ2n) is 3.85. The van der Waals surface area contributed by atoms with Crippen LogP contribution in [0.2, 0.25) is 0 Å². The normalized spacial score (nSPS) is 24.2. The molecule has 1 saturated heterocycles. The molecule has 1 atom stereocenters. The molecule has 86 valence electrons. The summed E-state index contributed by atoms with van der Waals surface area (Å²) >= 11 is 0.934. The lowest BCUT2D eigenvalue weighted by molar-refractivity contribution is -0.0766. The van der Waals surface area contributed by atoms with Crippen molar-refractivity contribution in [3.63, 3.8) is 0 Å². The molecule has 0 spiro atoms. The van der Waals surface area contributed by atoms with Crippen LogP contribution in [-0.4, -0.2) is 51.4 Å². The Morgan fingerprint density at radius 3 is 2.53 bits per heavy atom. The topological polar surface area (TPSA) is 72.9 Å². The van der Waals surface area contributed by atoms with Crippen molar-refractivity contribution in [2.24, 2.45) is 0 Å². The molecule has 1 heterocycles. The number of hydroxylamine groups is 2. The molecule has 0 bridgehead atoms. The van der Waals surface area contributed by atoms with E-state index in [0.717, 1.165) is 11.8 Å². The van der Waals surface area contributed by atoms with Gasteiger partial charge in [-0.3, -0.25) is 10.0 Å². The van der Waals surface area contributed by atoms with Gasteiger partial charge in [-0.25, -0.2) is 4.79 Å². The molecule has 0 saturated carbocycles. The minimum Gasteiger partial charge on any atom is -0.339 e. The number of hydrogen-bond acceptors (Lipinski definition) is 4. The van der Waals surface area contributed by atoms with E-state index in [1.54, 1.807) is 20.9 Å². The van der Waals surface area contributed by atoms with Crippen LogP contribution in [-0.2, 0) is 0 Å². The zero-order valence-corrected chi connectivity index (χ0v) is 9.96. The van der Waals surface area contributed by atoms with Crippen molar-refractivity contribution < 1.29 is 14.8 Å². The first-order valence-electron chi connectivity index (χ1n) is 4.46. The summed E-state index contributed by atoms with van der Waals surface area (Å²) < 4.78 is 0. The lowest BCUT2D eigenvalue weighted by Gasteiger charge is -2.34. The van der Waals surface area contributed by atoms with Crippen LogP contribution >= 0.6 is 11.8 Å². The quantitative estimate of drug-likeness (QED) is 0.522. The maximum Gasteiger partial charge on any atom is 0.342 e. The second-order valence-corrected chi connectivity index (χ2v) is 4.88. The Morgan fingerprint density at radius 1 is 1.67 bits per heavy atom. The van der Waals surface area contributed by atoms with Crippen molar-refractivity contribution >= 4 is 23.0 Å². The van der Waals surface area contributed by atoms with Gasteiger partial charge in [0.2, 0.25) is 0 Å². The Labute approximate surface area is 92.6 Å². The summed E-state index contributed by atoms with van der Waals surface area (Å²) in [7, 11) is 3.07. The fourth-order valence-corrected chi connectivity index (χ4v) is 2.52. The van der Waals surface area contributed by atoms with Crippen molar-refractivity contribution in [1.82, 2.24) is 15.3 Å². The molecule has 2 N–H and O–H groups in total. The number of carbonyl (C=O) groups excluding carboxylic acids is 2. The van der Waals surface area contributed by atoms with Gasteiger partial charge >= 0.3 is 6.03 Å². The van der Waals surface area contributed by atoms with E-state index in [4.69, 9.17) is 0 Å². The number of likely N-dealkylation sites (N-methyl/N-ethyl adjacent to an activating group) is 1. The van der Waals surface area contributed by atoms with Gasteiger partial charge in [0.25, 0.3) is 5.24 Å². The highest BCUT2D eigenvalue weighted by molar-refractivity contribution is 8.14. The van der Waals surface area contributed by atoms with Crippen LogP contribution in [0.1, 0.15) is 13.8 Å². The van der Waals surface area contributed by atoms with Gasteiger partial charge in [-0.05, 0) is 25.6 Å². The summed E-state index contributed by atoms with van der Waals surface area (Å²) in [4.78, 5) is 24.2. The maximum atomic E-state index is 11.4. The standard InChI is InChI=1S/C8H15N3O3S/c1-8(2)5(11(14)6(12)9-3)15-7(13)10(8)4/h5,14H,1-4H3,(H,9,12). The molecular formula is C8H15N3O3S. The highest BCUT2D eigenvalue weighted by Crippen LogP contribution is 2.39. The highest BCUT2D eigenvalue weighted by Gasteiger charge is 2.49. The van der Waals surface area contributed by atoms with Gasteiger partial charge in [0.15, 0.2) is 0 Å². The smallest absolute Gasteiger partial charge is 0.339 e. The molecule has 1 fully saturated rings. The first-order valence-corrected chi connectivity index (χ1v) is 5.34. The molecule has 0 aromatic rings. The summed E-state index contributed by atoms with van der Waals surface area (Å²) in [6.07, 6.45) is 0. The third-order valence-corrected chi connectivity index (χ3v) is 4.07. The van der Waals surface area contributed by atoms with Crippen molar-refractivity contribution in [2.75, 3.05) is 14.1 Å². The van der Waals surface area contributed by atoms with Crippen LogP contribution in [0.15, 0.2) is 0 Å². The number of nitrogens with one attached hydrogen (secondary N) is 1. The predicted molar refractivity (Wildman–Crippen MR) is 56.7 cm³/mol. The van der Waals surface area contributed by atoms with E-state index < -0.39 is 16.9 Å². The zero-order valence-electron chi connectivity index (χ0n) is 9.14. The molecule has 6 nitrogen and oxygen atoms in total. The van der Waals surface area contributed by atoms with E-state index in [1.165, 1.54) is 11.9 Å². The summed E-state index contributed by atoms with van der Waals surface area (Å²) in [5.41, 5.74) is -0.594. The lowest BCUT2D eigenvalue weighted by atomic mass is 10.0. The van der Waals surface area contributed by atoms with Gasteiger partial charge in [-0.1, -0.05) is 0 Å². The van der Waals surface area contributed by atoms with Crippen molar-refractivity contribution in [2.45, 2.75) is 24.8 Å². The number of carbonyl (C=O) groups is 2. The number of rotatable bonds is 1. The fourth-order valence-electron chi connectivity index (χ4n) is 1.29. The first kappa shape index (κ1) is 12.1. The van der Waals surface area contributed by atoms with Gasteiger partial charge in [0, 0.05) is 14.1 Å². The predicted octanol–water partition coefficient (Wildman–Crippen LogP) is 0.920. The summed E-state index contributed by atoms with van der Waals surface area (Å²) in [6.45, 7) is 3.59. The van der Waals surface area contributed by atoms with Gasteiger partial charge in [0.05, 0.1) is 5.54 Å². The molecule has 1 rings (SSSR count). The number of amides is 3. The van der Waals surface area contributed by atoms with Crippen molar-refractivity contribution in [3.05, 3.63) is 0 Å². The molecule has 7 heteroatoms. The Kier molecular flexibility index (Phi) is 3.15. The lowest BCUT2D eigenvalue weighted by Crippen LogP contribution is -2.53. The molecule has 0 radical (unpaired) electrons. The summed E-state index contributed by atoms with van der Waals surface area (Å²) in [6, 6.07) is -0.622. The Bertz CT molecular complexity index is 295.